The number of allylic oxidation sites excluding steroid dienone is 4. The van der Waals surface area contributed by atoms with Crippen LogP contribution < -0.4 is 10.2 Å². The summed E-state index contributed by atoms with van der Waals surface area (Å²) in [6.45, 7) is 2.32. The molecule has 1 unspecified atom stereocenters. The number of thiophene rings is 1. The van der Waals surface area contributed by atoms with Gasteiger partial charge in [-0.1, -0.05) is 79.8 Å². The van der Waals surface area contributed by atoms with Crippen molar-refractivity contribution in [3.63, 3.8) is 0 Å². The molecule has 2 nitrogen and oxygen atoms in total. The maximum absolute atomic E-state index is 3.56. The van der Waals surface area contributed by atoms with Crippen LogP contribution in [0, 0.1) is 0 Å². The molecule has 1 N–H and O–H groups in total. The molecule has 5 aromatic carbocycles. The van der Waals surface area contributed by atoms with Crippen LogP contribution in [0.1, 0.15) is 18.9 Å². The fourth-order valence-electron chi connectivity index (χ4n) is 5.64. The molecule has 7 rings (SSSR count). The van der Waals surface area contributed by atoms with Gasteiger partial charge in [0.05, 0.1) is 0 Å². The monoisotopic (exact) mass is 534 g/mol. The van der Waals surface area contributed by atoms with Gasteiger partial charge in [0.25, 0.3) is 0 Å². The predicted octanol–water partition coefficient (Wildman–Crippen LogP) is 11.0. The largest absolute Gasteiger partial charge is 0.356 e. The normalized spacial score (nSPS) is 16.4. The van der Waals surface area contributed by atoms with Crippen LogP contribution in [-0.2, 0) is 5.41 Å². The highest BCUT2D eigenvalue weighted by Gasteiger charge is 2.25. The average molecular weight is 535 g/mol. The number of nitrogens with zero attached hydrogens (tertiary/aromatic N) is 1. The molecule has 0 radical (unpaired) electrons. The quantitative estimate of drug-likeness (QED) is 0.229. The van der Waals surface area contributed by atoms with Crippen molar-refractivity contribution in [3.05, 3.63) is 151 Å². The third-order valence-electron chi connectivity index (χ3n) is 7.80. The van der Waals surface area contributed by atoms with E-state index >= 15 is 0 Å². The minimum Gasteiger partial charge on any atom is -0.356 e. The van der Waals surface area contributed by atoms with Gasteiger partial charge in [-0.25, -0.2) is 0 Å². The van der Waals surface area contributed by atoms with Crippen LogP contribution in [-0.4, -0.2) is 0 Å². The Morgan fingerprint density at radius 1 is 0.625 bits per heavy atom. The summed E-state index contributed by atoms with van der Waals surface area (Å²) in [4.78, 5) is 2.38. The van der Waals surface area contributed by atoms with E-state index in [1.807, 2.05) is 17.4 Å². The maximum atomic E-state index is 3.56. The Kier molecular flexibility index (Phi) is 6.22. The molecule has 0 amide bonds. The molecule has 0 fully saturated rings. The van der Waals surface area contributed by atoms with Crippen LogP contribution in [0.4, 0.5) is 28.4 Å². The number of para-hydroxylation sites is 2. The zero-order valence-corrected chi connectivity index (χ0v) is 23.2. The van der Waals surface area contributed by atoms with E-state index in [1.54, 1.807) is 0 Å². The van der Waals surface area contributed by atoms with Gasteiger partial charge in [-0.3, -0.25) is 0 Å². The second-order valence-corrected chi connectivity index (χ2v) is 11.7. The van der Waals surface area contributed by atoms with Gasteiger partial charge < -0.3 is 10.2 Å². The average Bonchev–Trinajstić information content (AvgIpc) is 3.36. The van der Waals surface area contributed by atoms with Gasteiger partial charge in [0.2, 0.25) is 0 Å². The van der Waals surface area contributed by atoms with Crippen molar-refractivity contribution in [1.29, 1.82) is 0 Å². The van der Waals surface area contributed by atoms with Gasteiger partial charge in [-0.05, 0) is 84.8 Å². The molecule has 0 saturated heterocycles. The van der Waals surface area contributed by atoms with E-state index in [0.717, 1.165) is 34.9 Å². The summed E-state index contributed by atoms with van der Waals surface area (Å²) in [6.07, 6.45) is 9.90. The van der Waals surface area contributed by atoms with E-state index < -0.39 is 0 Å². The van der Waals surface area contributed by atoms with Crippen molar-refractivity contribution in [2.75, 3.05) is 10.2 Å². The zero-order valence-electron chi connectivity index (χ0n) is 22.4. The lowest BCUT2D eigenvalue weighted by Crippen LogP contribution is -2.20. The van der Waals surface area contributed by atoms with E-state index in [1.165, 1.54) is 25.7 Å². The molecule has 1 aromatic heterocycles. The number of fused-ring (bicyclic) bond motifs is 3. The molecule has 6 aromatic rings. The van der Waals surface area contributed by atoms with Crippen LogP contribution in [0.5, 0.6) is 0 Å². The molecular formula is C37H30N2S. The Labute approximate surface area is 239 Å². The van der Waals surface area contributed by atoms with Crippen molar-refractivity contribution < 1.29 is 0 Å². The minimum absolute atomic E-state index is 0.0111. The first-order valence-corrected chi connectivity index (χ1v) is 14.6. The van der Waals surface area contributed by atoms with Crippen LogP contribution in [0.15, 0.2) is 146 Å². The lowest BCUT2D eigenvalue weighted by Gasteiger charge is -2.30. The Hall–Kier alpha value is -4.60. The molecule has 1 atom stereocenters. The maximum Gasteiger partial charge on any atom is 0.0468 e. The fraction of sp³-hybridized carbons (Fsp3) is 0.0811. The van der Waals surface area contributed by atoms with Crippen LogP contribution >= 0.6 is 11.3 Å². The van der Waals surface area contributed by atoms with Crippen molar-refractivity contribution in [2.45, 2.75) is 18.8 Å². The summed E-state index contributed by atoms with van der Waals surface area (Å²) in [5.74, 6) is 0. The zero-order chi connectivity index (χ0) is 26.9. The first-order valence-electron chi connectivity index (χ1n) is 13.7. The molecule has 1 heterocycles. The molecule has 0 saturated carbocycles. The SMILES string of the molecule is CC1(c2cccc(N(c3ccccc3)c3ccc4sc5ccc(Nc6ccccc6)cc5c4c3)c2)C=CC=CC1. The summed E-state index contributed by atoms with van der Waals surface area (Å²) in [6, 6.07) is 43.6. The van der Waals surface area contributed by atoms with Gasteiger partial charge in [0.15, 0.2) is 0 Å². The molecule has 0 spiro atoms. The Bertz CT molecular complexity index is 1870. The predicted molar refractivity (Wildman–Crippen MR) is 174 cm³/mol. The molecule has 1 aliphatic rings. The highest BCUT2D eigenvalue weighted by Crippen LogP contribution is 2.42. The van der Waals surface area contributed by atoms with Gasteiger partial charge in [-0.15, -0.1) is 11.3 Å². The van der Waals surface area contributed by atoms with E-state index in [4.69, 9.17) is 0 Å². The van der Waals surface area contributed by atoms with E-state index in [2.05, 4.69) is 157 Å². The number of hydrogen-bond donors (Lipinski definition) is 1. The summed E-state index contributed by atoms with van der Waals surface area (Å²) in [5.41, 5.74) is 6.97. The van der Waals surface area contributed by atoms with E-state index in [0.29, 0.717) is 0 Å². The van der Waals surface area contributed by atoms with Crippen molar-refractivity contribution in [3.8, 4) is 0 Å². The smallest absolute Gasteiger partial charge is 0.0468 e. The van der Waals surface area contributed by atoms with E-state index in [-0.39, 0.29) is 5.41 Å². The van der Waals surface area contributed by atoms with Crippen LogP contribution in [0.2, 0.25) is 0 Å². The fourth-order valence-corrected chi connectivity index (χ4v) is 6.70. The second-order valence-electron chi connectivity index (χ2n) is 10.6. The van der Waals surface area contributed by atoms with E-state index in [9.17, 15) is 0 Å². The number of nitrogens with one attached hydrogen (secondary N) is 1. The number of benzene rings is 5. The number of rotatable bonds is 6. The third-order valence-corrected chi connectivity index (χ3v) is 8.96. The van der Waals surface area contributed by atoms with Gasteiger partial charge in [0, 0.05) is 54.0 Å². The number of anilines is 5. The standard InChI is InChI=1S/C37H30N2S/c1-37(22-9-4-10-23-37)27-12-11-17-31(24-27)39(30-15-7-3-8-16-30)32-19-21-36-34(26-32)33-25-29(18-20-35(33)40-36)38-28-13-5-2-6-14-28/h2-22,24-26,38H,23H2,1H3. The second kappa shape index (κ2) is 10.2. The lowest BCUT2D eigenvalue weighted by molar-refractivity contribution is 0.600. The molecule has 1 aliphatic carbocycles. The summed E-state index contributed by atoms with van der Waals surface area (Å²) < 4.78 is 2.59. The summed E-state index contributed by atoms with van der Waals surface area (Å²) in [7, 11) is 0. The Morgan fingerprint density at radius 3 is 2.10 bits per heavy atom. The topological polar surface area (TPSA) is 15.3 Å². The highest BCUT2D eigenvalue weighted by molar-refractivity contribution is 7.25. The summed E-state index contributed by atoms with van der Waals surface area (Å²) in [5, 5.41) is 6.12. The first kappa shape index (κ1) is 24.4. The molecule has 40 heavy (non-hydrogen) atoms. The lowest BCUT2D eigenvalue weighted by atomic mass is 9.77. The first-order chi connectivity index (χ1) is 19.7. The highest BCUT2D eigenvalue weighted by atomic mass is 32.1. The van der Waals surface area contributed by atoms with Crippen LogP contribution in [0.3, 0.4) is 0 Å². The molecule has 0 bridgehead atoms. The Morgan fingerprint density at radius 2 is 1.32 bits per heavy atom. The molecule has 194 valence electrons. The van der Waals surface area contributed by atoms with Crippen molar-refractivity contribution in [1.82, 2.24) is 0 Å². The molecule has 3 heteroatoms. The van der Waals surface area contributed by atoms with Gasteiger partial charge >= 0.3 is 0 Å². The van der Waals surface area contributed by atoms with Gasteiger partial charge in [-0.2, -0.15) is 0 Å². The van der Waals surface area contributed by atoms with Crippen LogP contribution in [0.25, 0.3) is 20.2 Å². The molecule has 0 aliphatic heterocycles. The van der Waals surface area contributed by atoms with Crippen molar-refractivity contribution in [2.24, 2.45) is 0 Å². The minimum atomic E-state index is -0.0111. The van der Waals surface area contributed by atoms with Gasteiger partial charge in [0.1, 0.15) is 0 Å². The third kappa shape index (κ3) is 4.59. The Balaban J connectivity index is 1.34. The number of hydrogen-bond acceptors (Lipinski definition) is 3. The summed E-state index contributed by atoms with van der Waals surface area (Å²) >= 11 is 1.85. The molecular weight excluding hydrogens is 504 g/mol. The van der Waals surface area contributed by atoms with Crippen molar-refractivity contribution >= 4 is 59.9 Å².